The zero-order chi connectivity index (χ0) is 12.8. The molecule has 102 valence electrons. The molecule has 5 heteroatoms. The average molecular weight is 273 g/mol. The molecule has 0 radical (unpaired) electrons. The molecule has 0 aromatic heterocycles. The molecule has 0 spiro atoms. The van der Waals surface area contributed by atoms with E-state index >= 15 is 0 Å². The molecule has 4 nitrogen and oxygen atoms in total. The Labute approximate surface area is 115 Å². The SMILES string of the molecule is COCC(C)N(C)C(=O)c1ccc(CN)cc1.Cl. The Hall–Kier alpha value is -1.10. The lowest BCUT2D eigenvalue weighted by molar-refractivity contribution is 0.0633. The molecule has 0 aliphatic heterocycles. The quantitative estimate of drug-likeness (QED) is 0.887. The van der Waals surface area contributed by atoms with Crippen molar-refractivity contribution < 1.29 is 9.53 Å². The van der Waals surface area contributed by atoms with Gasteiger partial charge < -0.3 is 15.4 Å². The van der Waals surface area contributed by atoms with Gasteiger partial charge in [0.2, 0.25) is 0 Å². The number of nitrogens with zero attached hydrogens (tertiary/aromatic N) is 1. The van der Waals surface area contributed by atoms with Crippen LogP contribution in [-0.2, 0) is 11.3 Å². The van der Waals surface area contributed by atoms with Crippen LogP contribution in [0, 0.1) is 0 Å². The van der Waals surface area contributed by atoms with Crippen LogP contribution in [0.5, 0.6) is 0 Å². The maximum Gasteiger partial charge on any atom is 0.253 e. The number of likely N-dealkylation sites (N-methyl/N-ethyl adjacent to an activating group) is 1. The fourth-order valence-corrected chi connectivity index (χ4v) is 1.54. The average Bonchev–Trinajstić information content (AvgIpc) is 2.37. The number of amides is 1. The first-order valence-corrected chi connectivity index (χ1v) is 5.65. The molecule has 1 atom stereocenters. The molecule has 2 N–H and O–H groups in total. The molecule has 1 amide bonds. The third-order valence-corrected chi connectivity index (χ3v) is 2.83. The lowest BCUT2D eigenvalue weighted by Gasteiger charge is -2.24. The number of rotatable bonds is 5. The van der Waals surface area contributed by atoms with E-state index in [0.29, 0.717) is 18.7 Å². The Morgan fingerprint density at radius 1 is 1.39 bits per heavy atom. The van der Waals surface area contributed by atoms with Gasteiger partial charge in [-0.15, -0.1) is 12.4 Å². The predicted octanol–water partition coefficient (Wildman–Crippen LogP) is 1.67. The van der Waals surface area contributed by atoms with Crippen LogP contribution in [0.1, 0.15) is 22.8 Å². The minimum Gasteiger partial charge on any atom is -0.383 e. The Kier molecular flexibility index (Phi) is 7.59. The minimum absolute atomic E-state index is 0. The van der Waals surface area contributed by atoms with Crippen LogP contribution in [0.4, 0.5) is 0 Å². The molecule has 18 heavy (non-hydrogen) atoms. The summed E-state index contributed by atoms with van der Waals surface area (Å²) >= 11 is 0. The highest BCUT2D eigenvalue weighted by Crippen LogP contribution is 2.08. The Balaban J connectivity index is 0.00000289. The zero-order valence-corrected chi connectivity index (χ0v) is 11.9. The van der Waals surface area contributed by atoms with Gasteiger partial charge in [0, 0.05) is 26.3 Å². The van der Waals surface area contributed by atoms with Crippen LogP contribution in [0.3, 0.4) is 0 Å². The largest absolute Gasteiger partial charge is 0.383 e. The lowest BCUT2D eigenvalue weighted by atomic mass is 10.1. The van der Waals surface area contributed by atoms with E-state index in [4.69, 9.17) is 10.5 Å². The number of benzene rings is 1. The highest BCUT2D eigenvalue weighted by molar-refractivity contribution is 5.94. The highest BCUT2D eigenvalue weighted by Gasteiger charge is 2.16. The molecule has 0 heterocycles. The van der Waals surface area contributed by atoms with Crippen molar-refractivity contribution in [1.82, 2.24) is 4.90 Å². The first-order valence-electron chi connectivity index (χ1n) is 5.65. The first-order chi connectivity index (χ1) is 8.10. The van der Waals surface area contributed by atoms with Gasteiger partial charge in [0.25, 0.3) is 5.91 Å². The Morgan fingerprint density at radius 2 is 1.94 bits per heavy atom. The van der Waals surface area contributed by atoms with Gasteiger partial charge in [0.1, 0.15) is 0 Å². The summed E-state index contributed by atoms with van der Waals surface area (Å²) in [5, 5.41) is 0. The molecule has 1 aromatic carbocycles. The van der Waals surface area contributed by atoms with E-state index in [1.165, 1.54) is 0 Å². The van der Waals surface area contributed by atoms with Crippen LogP contribution in [0.2, 0.25) is 0 Å². The van der Waals surface area contributed by atoms with Gasteiger partial charge in [0.15, 0.2) is 0 Å². The van der Waals surface area contributed by atoms with Crippen molar-refractivity contribution in [3.8, 4) is 0 Å². The second-order valence-corrected chi connectivity index (χ2v) is 4.12. The van der Waals surface area contributed by atoms with Gasteiger partial charge >= 0.3 is 0 Å². The number of halogens is 1. The van der Waals surface area contributed by atoms with E-state index in [-0.39, 0.29) is 24.4 Å². The summed E-state index contributed by atoms with van der Waals surface area (Å²) in [5.74, 6) is -0.00174. The van der Waals surface area contributed by atoms with Crippen LogP contribution >= 0.6 is 12.4 Å². The van der Waals surface area contributed by atoms with E-state index < -0.39 is 0 Å². The molecule has 1 rings (SSSR count). The maximum absolute atomic E-state index is 12.1. The smallest absolute Gasteiger partial charge is 0.253 e. The Morgan fingerprint density at radius 3 is 2.39 bits per heavy atom. The van der Waals surface area contributed by atoms with Crippen molar-refractivity contribution in [1.29, 1.82) is 0 Å². The third-order valence-electron chi connectivity index (χ3n) is 2.83. The van der Waals surface area contributed by atoms with Crippen molar-refractivity contribution in [3.63, 3.8) is 0 Å². The molecule has 0 saturated carbocycles. The second kappa shape index (κ2) is 8.08. The van der Waals surface area contributed by atoms with E-state index in [1.807, 2.05) is 19.1 Å². The molecular weight excluding hydrogens is 252 g/mol. The number of hydrogen-bond acceptors (Lipinski definition) is 3. The second-order valence-electron chi connectivity index (χ2n) is 4.12. The number of methoxy groups -OCH3 is 1. The summed E-state index contributed by atoms with van der Waals surface area (Å²) in [6.07, 6.45) is 0. The van der Waals surface area contributed by atoms with Gasteiger partial charge in [0.05, 0.1) is 12.6 Å². The molecule has 1 aromatic rings. The first kappa shape index (κ1) is 16.9. The number of carbonyl (C=O) groups is 1. The lowest BCUT2D eigenvalue weighted by Crippen LogP contribution is -2.37. The molecule has 0 fully saturated rings. The summed E-state index contributed by atoms with van der Waals surface area (Å²) in [6, 6.07) is 7.42. The van der Waals surface area contributed by atoms with Crippen molar-refractivity contribution in [2.24, 2.45) is 5.73 Å². The van der Waals surface area contributed by atoms with E-state index in [2.05, 4.69) is 0 Å². The number of ether oxygens (including phenoxy) is 1. The molecule has 1 unspecified atom stereocenters. The van der Waals surface area contributed by atoms with E-state index in [9.17, 15) is 4.79 Å². The van der Waals surface area contributed by atoms with E-state index in [1.54, 1.807) is 31.2 Å². The molecule has 0 aliphatic rings. The van der Waals surface area contributed by atoms with Crippen LogP contribution in [0.25, 0.3) is 0 Å². The topological polar surface area (TPSA) is 55.6 Å². The van der Waals surface area contributed by atoms with Gasteiger partial charge in [-0.3, -0.25) is 4.79 Å². The van der Waals surface area contributed by atoms with Gasteiger partial charge in [-0.1, -0.05) is 12.1 Å². The standard InChI is InChI=1S/C13H20N2O2.ClH/c1-10(9-17-3)15(2)13(16)12-6-4-11(8-14)5-7-12;/h4-7,10H,8-9,14H2,1-3H3;1H. The molecule has 0 saturated heterocycles. The van der Waals surface area contributed by atoms with Crippen molar-refractivity contribution in [2.45, 2.75) is 19.5 Å². The monoisotopic (exact) mass is 272 g/mol. The van der Waals surface area contributed by atoms with Gasteiger partial charge in [-0.05, 0) is 24.6 Å². The van der Waals surface area contributed by atoms with Crippen LogP contribution < -0.4 is 5.73 Å². The van der Waals surface area contributed by atoms with Crippen LogP contribution in [0.15, 0.2) is 24.3 Å². The van der Waals surface area contributed by atoms with E-state index in [0.717, 1.165) is 5.56 Å². The number of nitrogens with two attached hydrogens (primary N) is 1. The summed E-state index contributed by atoms with van der Waals surface area (Å²) < 4.78 is 5.04. The normalized spacial score (nSPS) is 11.6. The summed E-state index contributed by atoms with van der Waals surface area (Å²) in [7, 11) is 3.41. The summed E-state index contributed by atoms with van der Waals surface area (Å²) in [6.45, 7) is 2.98. The molecule has 0 aliphatic carbocycles. The van der Waals surface area contributed by atoms with Crippen molar-refractivity contribution >= 4 is 18.3 Å². The fraction of sp³-hybridized carbons (Fsp3) is 0.462. The van der Waals surface area contributed by atoms with Gasteiger partial charge in [-0.25, -0.2) is 0 Å². The van der Waals surface area contributed by atoms with Crippen molar-refractivity contribution in [3.05, 3.63) is 35.4 Å². The Bertz CT molecular complexity index is 368. The van der Waals surface area contributed by atoms with Crippen molar-refractivity contribution in [2.75, 3.05) is 20.8 Å². The van der Waals surface area contributed by atoms with Crippen LogP contribution in [-0.4, -0.2) is 37.6 Å². The zero-order valence-electron chi connectivity index (χ0n) is 11.1. The number of carbonyl (C=O) groups excluding carboxylic acids is 1. The predicted molar refractivity (Wildman–Crippen MR) is 75.0 cm³/mol. The fourth-order valence-electron chi connectivity index (χ4n) is 1.54. The number of hydrogen-bond donors (Lipinski definition) is 1. The minimum atomic E-state index is -0.00174. The molecular formula is C13H21ClN2O2. The summed E-state index contributed by atoms with van der Waals surface area (Å²) in [5.41, 5.74) is 7.21. The highest BCUT2D eigenvalue weighted by atomic mass is 35.5. The maximum atomic E-state index is 12.1. The summed E-state index contributed by atoms with van der Waals surface area (Å²) in [4.78, 5) is 13.8. The third kappa shape index (κ3) is 4.29. The van der Waals surface area contributed by atoms with Gasteiger partial charge in [-0.2, -0.15) is 0 Å². The molecule has 0 bridgehead atoms.